The first-order chi connectivity index (χ1) is 16.2. The van der Waals surface area contributed by atoms with E-state index in [0.29, 0.717) is 40.1 Å². The lowest BCUT2D eigenvalue weighted by atomic mass is 9.94. The molecule has 3 aromatic heterocycles. The largest absolute Gasteiger partial charge is 0.501 e. The standard InChI is InChI=1S/C24H23ClN4O4S/c1-24(2)10-17-18(13-33-24)34-22-20(17)21(26)28(11-16-4-3-9-32-16)23(31)29(22)12-19(30)27-15-7-5-14(25)6-8-15/h3-9,26H,10-13H2,1-2H3,(H,27,30)/p+1. The van der Waals surface area contributed by atoms with Gasteiger partial charge in [0.2, 0.25) is 5.82 Å². The van der Waals surface area contributed by atoms with E-state index < -0.39 is 0 Å². The number of nitrogens with two attached hydrogens (primary N) is 1. The molecule has 1 amide bonds. The predicted octanol–water partition coefficient (Wildman–Crippen LogP) is 3.72. The van der Waals surface area contributed by atoms with Crippen LogP contribution in [0.25, 0.3) is 10.2 Å². The van der Waals surface area contributed by atoms with E-state index in [1.54, 1.807) is 42.7 Å². The first kappa shape index (κ1) is 22.6. The van der Waals surface area contributed by atoms with Gasteiger partial charge >= 0.3 is 5.69 Å². The highest BCUT2D eigenvalue weighted by molar-refractivity contribution is 7.18. The molecule has 10 heteroatoms. The molecule has 4 heterocycles. The first-order valence-electron chi connectivity index (χ1n) is 10.8. The van der Waals surface area contributed by atoms with Gasteiger partial charge in [-0.25, -0.2) is 0 Å². The van der Waals surface area contributed by atoms with Gasteiger partial charge in [0.25, 0.3) is 5.91 Å². The van der Waals surface area contributed by atoms with Crippen LogP contribution in [0.3, 0.4) is 0 Å². The number of thiophene rings is 1. The maximum atomic E-state index is 13.6. The summed E-state index contributed by atoms with van der Waals surface area (Å²) in [5.41, 5.74) is 7.51. The minimum atomic E-state index is -0.383. The van der Waals surface area contributed by atoms with E-state index in [9.17, 15) is 9.59 Å². The number of benzene rings is 1. The summed E-state index contributed by atoms with van der Waals surface area (Å²) in [4.78, 5) is 28.2. The summed E-state index contributed by atoms with van der Waals surface area (Å²) in [6, 6.07) is 10.3. The summed E-state index contributed by atoms with van der Waals surface area (Å²) >= 11 is 7.38. The molecular weight excluding hydrogens is 476 g/mol. The third-order valence-corrected chi connectivity index (χ3v) is 7.33. The summed E-state index contributed by atoms with van der Waals surface area (Å²) < 4.78 is 14.4. The van der Waals surface area contributed by atoms with Gasteiger partial charge in [-0.2, -0.15) is 13.9 Å². The van der Waals surface area contributed by atoms with E-state index in [-0.39, 0.29) is 30.3 Å². The van der Waals surface area contributed by atoms with Crippen LogP contribution in [0.5, 0.6) is 0 Å². The lowest BCUT2D eigenvalue weighted by molar-refractivity contribution is -0.675. The molecule has 0 spiro atoms. The van der Waals surface area contributed by atoms with E-state index in [1.807, 2.05) is 13.8 Å². The van der Waals surface area contributed by atoms with Crippen LogP contribution in [-0.2, 0) is 35.6 Å². The molecule has 8 nitrogen and oxygen atoms in total. The number of anilines is 2. The van der Waals surface area contributed by atoms with Gasteiger partial charge in [-0.05, 0) is 55.8 Å². The number of hydrogen-bond donors (Lipinski definition) is 2. The van der Waals surface area contributed by atoms with E-state index in [2.05, 4.69) is 5.32 Å². The molecular formula is C24H24ClN4O4S+. The van der Waals surface area contributed by atoms with Crippen molar-refractivity contribution >= 4 is 50.6 Å². The zero-order valence-corrected chi connectivity index (χ0v) is 20.3. The molecule has 0 aliphatic carbocycles. The van der Waals surface area contributed by atoms with E-state index >= 15 is 0 Å². The van der Waals surface area contributed by atoms with Crippen molar-refractivity contribution < 1.29 is 18.5 Å². The number of aromatic nitrogens is 2. The molecule has 1 aliphatic heterocycles. The van der Waals surface area contributed by atoms with Crippen molar-refractivity contribution in [2.75, 3.05) is 11.1 Å². The Kier molecular flexibility index (Phi) is 5.71. The molecule has 0 fully saturated rings. The number of furan rings is 1. The summed E-state index contributed by atoms with van der Waals surface area (Å²) in [5, 5.41) is 4.19. The fourth-order valence-electron chi connectivity index (χ4n) is 4.19. The number of carbonyl (C=O) groups excluding carboxylic acids is 1. The van der Waals surface area contributed by atoms with Crippen LogP contribution in [-0.4, -0.2) is 16.1 Å². The third-order valence-electron chi connectivity index (χ3n) is 5.85. The summed E-state index contributed by atoms with van der Waals surface area (Å²) in [5.74, 6) is 0.627. The lowest BCUT2D eigenvalue weighted by Gasteiger charge is -2.29. The number of halogens is 1. The normalized spacial score (nSPS) is 14.8. The highest BCUT2D eigenvalue weighted by Gasteiger charge is 2.35. The molecule has 0 bridgehead atoms. The average Bonchev–Trinajstić information content (AvgIpc) is 3.43. The van der Waals surface area contributed by atoms with E-state index in [0.717, 1.165) is 15.8 Å². The van der Waals surface area contributed by atoms with Crippen molar-refractivity contribution in [3.8, 4) is 0 Å². The number of nitrogen functional groups attached to an aromatic ring is 1. The van der Waals surface area contributed by atoms with Crippen molar-refractivity contribution in [2.45, 2.75) is 45.6 Å². The molecule has 176 valence electrons. The Labute approximate surface area is 204 Å². The van der Waals surface area contributed by atoms with Gasteiger partial charge in [-0.15, -0.1) is 0 Å². The number of nitrogens with zero attached hydrogens (tertiary/aromatic N) is 2. The highest BCUT2D eigenvalue weighted by Crippen LogP contribution is 2.39. The number of rotatable bonds is 5. The second kappa shape index (κ2) is 8.57. The molecule has 0 saturated heterocycles. The molecule has 0 unspecified atom stereocenters. The minimum absolute atomic E-state index is 0.164. The van der Waals surface area contributed by atoms with Gasteiger partial charge in [0.05, 0.1) is 18.5 Å². The fourth-order valence-corrected chi connectivity index (χ4v) is 5.55. The van der Waals surface area contributed by atoms with Gasteiger partial charge in [-0.1, -0.05) is 22.9 Å². The van der Waals surface area contributed by atoms with Gasteiger partial charge in [0.15, 0.2) is 17.9 Å². The quantitative estimate of drug-likeness (QED) is 0.407. The van der Waals surface area contributed by atoms with E-state index in [4.69, 9.17) is 26.5 Å². The van der Waals surface area contributed by atoms with Crippen molar-refractivity contribution in [3.63, 3.8) is 0 Å². The number of ether oxygens (including phenoxy) is 1. The fraction of sp³-hybridized carbons (Fsp3) is 0.292. The molecule has 0 saturated carbocycles. The smallest absolute Gasteiger partial charge is 0.465 e. The zero-order chi connectivity index (χ0) is 24.0. The summed E-state index contributed by atoms with van der Waals surface area (Å²) in [6.45, 7) is 4.49. The Bertz CT molecular complexity index is 1440. The second-order valence-corrected chi connectivity index (χ2v) is 10.4. The zero-order valence-electron chi connectivity index (χ0n) is 18.8. The number of carbonyl (C=O) groups is 1. The maximum absolute atomic E-state index is 13.6. The van der Waals surface area contributed by atoms with Crippen molar-refractivity contribution in [3.05, 3.63) is 74.4 Å². The van der Waals surface area contributed by atoms with Crippen molar-refractivity contribution in [2.24, 2.45) is 0 Å². The Morgan fingerprint density at radius 2 is 2.06 bits per heavy atom. The SMILES string of the molecule is CC1(C)Cc2c(sc3c2c(N)n(Cc2ccco2)c(=O)[n+]3CC(=O)Nc2ccc(Cl)cc2)CO1. The number of nitrogens with one attached hydrogen (secondary N) is 1. The Hall–Kier alpha value is -3.14. The van der Waals surface area contributed by atoms with Crippen LogP contribution in [0.4, 0.5) is 11.5 Å². The van der Waals surface area contributed by atoms with E-state index in [1.165, 1.54) is 20.5 Å². The third kappa shape index (κ3) is 4.22. The molecule has 1 aromatic carbocycles. The molecule has 1 aliphatic rings. The van der Waals surface area contributed by atoms with Crippen molar-refractivity contribution in [1.29, 1.82) is 0 Å². The van der Waals surface area contributed by atoms with Crippen LogP contribution >= 0.6 is 22.9 Å². The van der Waals surface area contributed by atoms with Gasteiger partial charge < -0.3 is 20.2 Å². The molecule has 4 aromatic rings. The summed E-state index contributed by atoms with van der Waals surface area (Å²) in [7, 11) is 0. The predicted molar refractivity (Wildman–Crippen MR) is 131 cm³/mol. The number of fused-ring (bicyclic) bond motifs is 3. The Balaban J connectivity index is 1.62. The second-order valence-electron chi connectivity index (χ2n) is 8.88. The van der Waals surface area contributed by atoms with Gasteiger partial charge in [0, 0.05) is 22.0 Å². The average molecular weight is 500 g/mol. The molecule has 34 heavy (non-hydrogen) atoms. The Morgan fingerprint density at radius 3 is 2.76 bits per heavy atom. The lowest BCUT2D eigenvalue weighted by Crippen LogP contribution is -2.57. The summed E-state index contributed by atoms with van der Waals surface area (Å²) in [6.07, 6.45) is 2.21. The van der Waals surface area contributed by atoms with Gasteiger partial charge in [-0.3, -0.25) is 4.79 Å². The topological polar surface area (TPSA) is 103 Å². The molecule has 0 atom stereocenters. The number of amides is 1. The van der Waals surface area contributed by atoms with Crippen LogP contribution in [0, 0.1) is 0 Å². The van der Waals surface area contributed by atoms with Crippen LogP contribution < -0.4 is 21.3 Å². The number of hydrogen-bond acceptors (Lipinski definition) is 6. The monoisotopic (exact) mass is 499 g/mol. The van der Waals surface area contributed by atoms with Crippen LogP contribution in [0.15, 0.2) is 51.9 Å². The van der Waals surface area contributed by atoms with Crippen LogP contribution in [0.2, 0.25) is 5.02 Å². The van der Waals surface area contributed by atoms with Gasteiger partial charge in [0.1, 0.15) is 11.1 Å². The first-order valence-corrected chi connectivity index (χ1v) is 12.0. The maximum Gasteiger partial charge on any atom is 0.501 e. The van der Waals surface area contributed by atoms with Crippen molar-refractivity contribution in [1.82, 2.24) is 4.57 Å². The Morgan fingerprint density at radius 1 is 1.29 bits per heavy atom. The highest BCUT2D eigenvalue weighted by atomic mass is 35.5. The van der Waals surface area contributed by atoms with Crippen LogP contribution in [0.1, 0.15) is 30.0 Å². The minimum Gasteiger partial charge on any atom is -0.465 e. The molecule has 0 radical (unpaired) electrons. The molecule has 5 rings (SSSR count). The molecule has 3 N–H and O–H groups in total.